The number of imide groups is 1. The van der Waals surface area contributed by atoms with Gasteiger partial charge >= 0.3 is 11.9 Å². The number of carboxylic acids is 1. The molecule has 3 N–H and O–H groups in total. The molecule has 0 bridgehead atoms. The van der Waals surface area contributed by atoms with Crippen LogP contribution in [0, 0.1) is 28.9 Å². The number of aryl methyl sites for hydroxylation is 1. The van der Waals surface area contributed by atoms with Crippen molar-refractivity contribution in [1.29, 1.82) is 0 Å². The number of hydrogen-bond acceptors (Lipinski definition) is 9. The minimum absolute atomic E-state index is 0.0410. The molecular weight excluding hydrogens is 608 g/mol. The lowest BCUT2D eigenvalue weighted by Crippen LogP contribution is -2.57. The van der Waals surface area contributed by atoms with Crippen LogP contribution in [0.4, 0.5) is 5.88 Å². The van der Waals surface area contributed by atoms with Crippen molar-refractivity contribution >= 4 is 57.1 Å². The van der Waals surface area contributed by atoms with Gasteiger partial charge in [0.1, 0.15) is 21.8 Å². The van der Waals surface area contributed by atoms with E-state index in [0.717, 1.165) is 21.9 Å². The summed E-state index contributed by atoms with van der Waals surface area (Å²) < 4.78 is 11.0. The molecule has 45 heavy (non-hydrogen) atoms. The molecule has 2 aliphatic rings. The Morgan fingerprint density at radius 2 is 1.91 bits per heavy atom. The largest absolute Gasteiger partial charge is 0.480 e. The second kappa shape index (κ2) is 10.1. The molecule has 2 saturated heterocycles. The van der Waals surface area contributed by atoms with Crippen molar-refractivity contribution in [2.24, 2.45) is 11.8 Å². The SMILES string of the molecule is Cc1cc2occ(C3NC(Cc4c[nH]c5ccccc45)(C(=O)O)C4C(=O)N(Cc5ccc([N+](=O)[O-])o5)C(=O)C34)c(=O)c2cc1Cl. The molecule has 0 radical (unpaired) electrons. The summed E-state index contributed by atoms with van der Waals surface area (Å²) in [6.07, 6.45) is 2.61. The lowest BCUT2D eigenvalue weighted by molar-refractivity contribution is -0.402. The molecule has 13 nitrogen and oxygen atoms in total. The fourth-order valence-corrected chi connectivity index (χ4v) is 6.85. The van der Waals surface area contributed by atoms with Crippen molar-refractivity contribution in [3.8, 4) is 0 Å². The lowest BCUT2D eigenvalue weighted by Gasteiger charge is -2.31. The highest BCUT2D eigenvalue weighted by Gasteiger charge is 2.69. The molecule has 0 saturated carbocycles. The van der Waals surface area contributed by atoms with E-state index in [1.54, 1.807) is 25.3 Å². The highest BCUT2D eigenvalue weighted by molar-refractivity contribution is 6.32. The van der Waals surface area contributed by atoms with Crippen LogP contribution >= 0.6 is 11.6 Å². The Hall–Kier alpha value is -5.27. The maximum Gasteiger partial charge on any atom is 0.433 e. The number of aliphatic carboxylic acids is 1. The predicted molar refractivity (Wildman–Crippen MR) is 158 cm³/mol. The van der Waals surface area contributed by atoms with E-state index in [1.165, 1.54) is 18.4 Å². The van der Waals surface area contributed by atoms with E-state index in [1.807, 2.05) is 18.2 Å². The Kier molecular flexibility index (Phi) is 6.42. The first kappa shape index (κ1) is 28.5. The van der Waals surface area contributed by atoms with Crippen LogP contribution in [0.2, 0.25) is 5.02 Å². The first-order chi connectivity index (χ1) is 21.5. The molecule has 5 heterocycles. The van der Waals surface area contributed by atoms with Crippen molar-refractivity contribution in [3.05, 3.63) is 109 Å². The van der Waals surface area contributed by atoms with E-state index in [0.29, 0.717) is 16.1 Å². The Balaban J connectivity index is 1.38. The minimum Gasteiger partial charge on any atom is -0.480 e. The zero-order chi connectivity index (χ0) is 31.8. The maximum atomic E-state index is 14.1. The number of hydrogen-bond donors (Lipinski definition) is 3. The van der Waals surface area contributed by atoms with Gasteiger partial charge in [0.15, 0.2) is 5.43 Å². The molecule has 2 aliphatic heterocycles. The molecule has 4 atom stereocenters. The van der Waals surface area contributed by atoms with Crippen molar-refractivity contribution in [1.82, 2.24) is 15.2 Å². The zero-order valence-electron chi connectivity index (χ0n) is 23.4. The first-order valence-corrected chi connectivity index (χ1v) is 14.2. The van der Waals surface area contributed by atoms with E-state index in [-0.39, 0.29) is 28.7 Å². The molecule has 2 amide bonds. The fraction of sp³-hybridized carbons (Fsp3) is 0.226. The number of rotatable bonds is 7. The number of H-pyrrole nitrogens is 1. The van der Waals surface area contributed by atoms with Crippen LogP contribution in [0.25, 0.3) is 21.9 Å². The number of aromatic nitrogens is 1. The number of carbonyl (C=O) groups is 3. The fourth-order valence-electron chi connectivity index (χ4n) is 6.68. The van der Waals surface area contributed by atoms with Gasteiger partial charge in [-0.05, 0) is 42.3 Å². The van der Waals surface area contributed by atoms with Crippen LogP contribution in [0.5, 0.6) is 0 Å². The van der Waals surface area contributed by atoms with Crippen LogP contribution in [-0.2, 0) is 27.3 Å². The number of para-hydroxylation sites is 1. The van der Waals surface area contributed by atoms with Crippen LogP contribution in [0.15, 0.2) is 74.6 Å². The van der Waals surface area contributed by atoms with Crippen LogP contribution < -0.4 is 10.7 Å². The summed E-state index contributed by atoms with van der Waals surface area (Å²) in [6.45, 7) is 1.28. The number of nitro groups is 1. The molecule has 7 rings (SSSR count). The molecular formula is C31H23ClN4O9. The second-order valence-corrected chi connectivity index (χ2v) is 11.7. The van der Waals surface area contributed by atoms with Gasteiger partial charge in [-0.25, -0.2) is 0 Å². The number of carboxylic acid groups (broad SMARTS) is 1. The summed E-state index contributed by atoms with van der Waals surface area (Å²) in [7, 11) is 0. The molecule has 0 aliphatic carbocycles. The maximum absolute atomic E-state index is 14.1. The Labute approximate surface area is 257 Å². The number of nitrogens with one attached hydrogen (secondary N) is 2. The molecule has 14 heteroatoms. The molecule has 5 aromatic rings. The van der Waals surface area contributed by atoms with E-state index in [2.05, 4.69) is 10.3 Å². The van der Waals surface area contributed by atoms with E-state index in [4.69, 9.17) is 20.4 Å². The van der Waals surface area contributed by atoms with Crippen molar-refractivity contribution in [3.63, 3.8) is 0 Å². The molecule has 0 spiro atoms. The van der Waals surface area contributed by atoms with Crippen LogP contribution in [0.1, 0.15) is 28.5 Å². The van der Waals surface area contributed by atoms with Crippen LogP contribution in [-0.4, -0.2) is 43.2 Å². The van der Waals surface area contributed by atoms with Gasteiger partial charge in [-0.3, -0.25) is 39.5 Å². The number of carbonyl (C=O) groups excluding carboxylic acids is 2. The average molecular weight is 631 g/mol. The molecule has 2 aromatic carbocycles. The number of nitrogens with zero attached hydrogens (tertiary/aromatic N) is 2. The smallest absolute Gasteiger partial charge is 0.433 e. The first-order valence-electron chi connectivity index (χ1n) is 13.9. The Morgan fingerprint density at radius 3 is 2.64 bits per heavy atom. The van der Waals surface area contributed by atoms with Crippen LogP contribution in [0.3, 0.4) is 0 Å². The summed E-state index contributed by atoms with van der Waals surface area (Å²) in [6, 6.07) is 11.4. The average Bonchev–Trinajstić information content (AvgIpc) is 3.77. The van der Waals surface area contributed by atoms with Crippen molar-refractivity contribution in [2.45, 2.75) is 31.5 Å². The van der Waals surface area contributed by atoms with E-state index < -0.39 is 64.0 Å². The number of benzene rings is 2. The third-order valence-electron chi connectivity index (χ3n) is 8.83. The quantitative estimate of drug-likeness (QED) is 0.133. The summed E-state index contributed by atoms with van der Waals surface area (Å²) in [5.41, 5.74) is -0.376. The predicted octanol–water partition coefficient (Wildman–Crippen LogP) is 4.25. The molecule has 3 aromatic heterocycles. The van der Waals surface area contributed by atoms with Gasteiger partial charge in [0.2, 0.25) is 11.8 Å². The van der Waals surface area contributed by atoms with Gasteiger partial charge < -0.3 is 18.9 Å². The van der Waals surface area contributed by atoms with Crippen molar-refractivity contribution in [2.75, 3.05) is 0 Å². The third-order valence-corrected chi connectivity index (χ3v) is 9.24. The second-order valence-electron chi connectivity index (χ2n) is 11.3. The van der Waals surface area contributed by atoms with Crippen molar-refractivity contribution < 1.29 is 33.2 Å². The minimum atomic E-state index is -2.04. The molecule has 228 valence electrons. The monoisotopic (exact) mass is 630 g/mol. The summed E-state index contributed by atoms with van der Waals surface area (Å²) in [4.78, 5) is 69.7. The number of amides is 2. The summed E-state index contributed by atoms with van der Waals surface area (Å²) in [5.74, 6) is -6.37. The topological polar surface area (TPSA) is 189 Å². The van der Waals surface area contributed by atoms with Gasteiger partial charge in [-0.15, -0.1) is 0 Å². The Morgan fingerprint density at radius 1 is 1.13 bits per heavy atom. The van der Waals surface area contributed by atoms with E-state index in [9.17, 15) is 34.4 Å². The van der Waals surface area contributed by atoms with Gasteiger partial charge in [-0.1, -0.05) is 29.8 Å². The van der Waals surface area contributed by atoms with Gasteiger partial charge in [0.25, 0.3) is 0 Å². The highest BCUT2D eigenvalue weighted by atomic mass is 35.5. The van der Waals surface area contributed by atoms with Gasteiger partial charge in [0, 0.05) is 28.5 Å². The zero-order valence-corrected chi connectivity index (χ0v) is 24.2. The highest BCUT2D eigenvalue weighted by Crippen LogP contribution is 2.50. The van der Waals surface area contributed by atoms with Gasteiger partial charge in [-0.2, -0.15) is 0 Å². The lowest BCUT2D eigenvalue weighted by atomic mass is 9.76. The third kappa shape index (κ3) is 4.26. The standard InChI is InChI=1S/C31H23ClN4O9/c1-14-8-22-18(9-20(14)32)27(37)19(13-44-22)26-24-25(29(39)35(28(24)38)12-16-6-7-23(45-16)36(42)43)31(34-26,30(40)41)10-15-11-33-21-5-3-2-4-17(15)21/h2-9,11,13,24-26,33-34H,10,12H2,1H3,(H,40,41). The summed E-state index contributed by atoms with van der Waals surface area (Å²) in [5, 5.41) is 26.2. The molecule has 2 fully saturated rings. The van der Waals surface area contributed by atoms with E-state index >= 15 is 0 Å². The number of furan rings is 1. The number of fused-ring (bicyclic) bond motifs is 3. The normalized spacial score (nSPS) is 22.9. The molecule has 4 unspecified atom stereocenters. The number of halogens is 1. The van der Waals surface area contributed by atoms with Gasteiger partial charge in [0.05, 0.1) is 47.7 Å². The number of likely N-dealkylation sites (tertiary alicyclic amines) is 1. The Bertz CT molecular complexity index is 2150. The number of aromatic amines is 1. The summed E-state index contributed by atoms with van der Waals surface area (Å²) >= 11 is 6.30.